The molecule has 0 radical (unpaired) electrons. The van der Waals surface area contributed by atoms with Gasteiger partial charge >= 0.3 is 0 Å². The number of benzene rings is 1. The van der Waals surface area contributed by atoms with Gasteiger partial charge in [0.25, 0.3) is 0 Å². The summed E-state index contributed by atoms with van der Waals surface area (Å²) in [6.45, 7) is 0.864. The maximum atomic E-state index is 12.8. The normalized spacial score (nSPS) is 20.0. The van der Waals surface area contributed by atoms with Crippen LogP contribution < -0.4 is 0 Å². The number of nitrogens with zero attached hydrogens (tertiary/aromatic N) is 3. The van der Waals surface area contributed by atoms with Crippen LogP contribution in [0.4, 0.5) is 0 Å². The first-order valence-electron chi connectivity index (χ1n) is 8.59. The highest BCUT2D eigenvalue weighted by Gasteiger charge is 2.30. The number of fused-ring (bicyclic) bond motifs is 1. The average Bonchev–Trinajstić information content (AvgIpc) is 3.26. The minimum atomic E-state index is 0.200. The van der Waals surface area contributed by atoms with E-state index in [-0.39, 0.29) is 11.9 Å². The zero-order valence-corrected chi connectivity index (χ0v) is 13.7. The molecule has 4 nitrogen and oxygen atoms in total. The van der Waals surface area contributed by atoms with E-state index in [2.05, 4.69) is 23.3 Å². The summed E-state index contributed by atoms with van der Waals surface area (Å²) in [5.41, 5.74) is 5.23. The number of hydrogen-bond acceptors (Lipinski definition) is 2. The lowest BCUT2D eigenvalue weighted by atomic mass is 10.0. The van der Waals surface area contributed by atoms with Crippen LogP contribution in [-0.4, -0.2) is 27.1 Å². The molecule has 0 N–H and O–H groups in total. The standard InChI is InChI=1S/C19H23N3O/c1-21-13-17(12-20-21)18-6-3-9-22(18)19(23)11-14-7-8-15-4-2-5-16(15)10-14/h7-8,10,12-13,18H,2-6,9,11H2,1H3/t18-/m0/s1. The molecule has 1 aliphatic heterocycles. The van der Waals surface area contributed by atoms with Gasteiger partial charge in [-0.3, -0.25) is 9.48 Å². The second kappa shape index (κ2) is 5.84. The summed E-state index contributed by atoms with van der Waals surface area (Å²) in [5.74, 6) is 0.245. The number of amides is 1. The number of rotatable bonds is 3. The van der Waals surface area contributed by atoms with E-state index in [4.69, 9.17) is 0 Å². The molecule has 4 rings (SSSR count). The molecule has 4 heteroatoms. The lowest BCUT2D eigenvalue weighted by molar-refractivity contribution is -0.131. The summed E-state index contributed by atoms with van der Waals surface area (Å²) < 4.78 is 1.82. The number of aryl methyl sites for hydroxylation is 3. The fourth-order valence-corrected chi connectivity index (χ4v) is 4.04. The molecule has 1 aromatic heterocycles. The second-order valence-electron chi connectivity index (χ2n) is 6.83. The van der Waals surface area contributed by atoms with Crippen LogP contribution in [0.15, 0.2) is 30.6 Å². The van der Waals surface area contributed by atoms with Gasteiger partial charge in [-0.05, 0) is 48.8 Å². The summed E-state index contributed by atoms with van der Waals surface area (Å²) in [6, 6.07) is 6.80. The Kier molecular flexibility index (Phi) is 3.68. The van der Waals surface area contributed by atoms with Crippen LogP contribution in [-0.2, 0) is 31.1 Å². The first-order chi connectivity index (χ1) is 11.2. The summed E-state index contributed by atoms with van der Waals surface area (Å²) >= 11 is 0. The third-order valence-corrected chi connectivity index (χ3v) is 5.20. The van der Waals surface area contributed by atoms with Crippen LogP contribution in [0.5, 0.6) is 0 Å². The van der Waals surface area contributed by atoms with Gasteiger partial charge in [0.1, 0.15) is 0 Å². The summed E-state index contributed by atoms with van der Waals surface area (Å²) in [6.07, 6.45) is 10.2. The molecular formula is C19H23N3O. The highest BCUT2D eigenvalue weighted by atomic mass is 16.2. The monoisotopic (exact) mass is 309 g/mol. The Morgan fingerprint density at radius 3 is 2.96 bits per heavy atom. The van der Waals surface area contributed by atoms with Crippen LogP contribution in [0.25, 0.3) is 0 Å². The van der Waals surface area contributed by atoms with E-state index in [9.17, 15) is 4.79 Å². The smallest absolute Gasteiger partial charge is 0.227 e. The Balaban J connectivity index is 1.50. The van der Waals surface area contributed by atoms with E-state index in [0.717, 1.165) is 30.5 Å². The maximum Gasteiger partial charge on any atom is 0.227 e. The molecule has 1 amide bonds. The summed E-state index contributed by atoms with van der Waals surface area (Å²) in [4.78, 5) is 14.9. The van der Waals surface area contributed by atoms with Crippen molar-refractivity contribution in [3.63, 3.8) is 0 Å². The largest absolute Gasteiger partial charge is 0.335 e. The zero-order valence-electron chi connectivity index (χ0n) is 13.7. The van der Waals surface area contributed by atoms with Crippen LogP contribution in [0.2, 0.25) is 0 Å². The van der Waals surface area contributed by atoms with Crippen molar-refractivity contribution >= 4 is 5.91 Å². The molecular weight excluding hydrogens is 286 g/mol. The van der Waals surface area contributed by atoms with Crippen LogP contribution in [0, 0.1) is 0 Å². The molecule has 0 unspecified atom stereocenters. The molecule has 2 aliphatic rings. The van der Waals surface area contributed by atoms with Crippen molar-refractivity contribution in [3.05, 3.63) is 52.8 Å². The van der Waals surface area contributed by atoms with Crippen LogP contribution in [0.3, 0.4) is 0 Å². The van der Waals surface area contributed by atoms with Gasteiger partial charge in [-0.2, -0.15) is 5.10 Å². The molecule has 0 saturated carbocycles. The topological polar surface area (TPSA) is 38.1 Å². The SMILES string of the molecule is Cn1cc([C@@H]2CCCN2C(=O)Cc2ccc3c(c2)CCC3)cn1. The predicted octanol–water partition coefficient (Wildman–Crippen LogP) is 2.82. The van der Waals surface area contributed by atoms with Crippen molar-refractivity contribution in [2.45, 2.75) is 44.6 Å². The van der Waals surface area contributed by atoms with E-state index < -0.39 is 0 Å². The van der Waals surface area contributed by atoms with Gasteiger partial charge in [0.15, 0.2) is 0 Å². The fourth-order valence-electron chi connectivity index (χ4n) is 4.04. The number of carbonyl (C=O) groups excluding carboxylic acids is 1. The van der Waals surface area contributed by atoms with Crippen LogP contribution in [0.1, 0.15) is 47.6 Å². The van der Waals surface area contributed by atoms with Gasteiger partial charge < -0.3 is 4.90 Å². The quantitative estimate of drug-likeness (QED) is 0.874. The summed E-state index contributed by atoms with van der Waals surface area (Å²) in [7, 11) is 1.93. The number of aromatic nitrogens is 2. The lowest BCUT2D eigenvalue weighted by Crippen LogP contribution is -2.31. The summed E-state index contributed by atoms with van der Waals surface area (Å²) in [5, 5.41) is 4.26. The zero-order chi connectivity index (χ0) is 15.8. The first kappa shape index (κ1) is 14.5. The fraction of sp³-hybridized carbons (Fsp3) is 0.474. The molecule has 1 atom stereocenters. The molecule has 0 bridgehead atoms. The third-order valence-electron chi connectivity index (χ3n) is 5.20. The molecule has 2 aromatic rings. The molecule has 0 spiro atoms. The Morgan fingerprint density at radius 1 is 1.26 bits per heavy atom. The molecule has 1 aromatic carbocycles. The first-order valence-corrected chi connectivity index (χ1v) is 8.59. The number of hydrogen-bond donors (Lipinski definition) is 0. The van der Waals surface area contributed by atoms with Gasteiger partial charge in [0.05, 0.1) is 18.7 Å². The highest BCUT2D eigenvalue weighted by Crippen LogP contribution is 2.32. The van der Waals surface area contributed by atoms with E-state index in [1.54, 1.807) is 0 Å². The van der Waals surface area contributed by atoms with Gasteiger partial charge in [0.2, 0.25) is 5.91 Å². The van der Waals surface area contributed by atoms with Crippen molar-refractivity contribution in [1.82, 2.24) is 14.7 Å². The Morgan fingerprint density at radius 2 is 2.13 bits per heavy atom. The van der Waals surface area contributed by atoms with Crippen molar-refractivity contribution in [3.8, 4) is 0 Å². The van der Waals surface area contributed by atoms with Gasteiger partial charge in [-0.25, -0.2) is 0 Å². The third kappa shape index (κ3) is 2.78. The van der Waals surface area contributed by atoms with Gasteiger partial charge in [0, 0.05) is 25.4 Å². The molecule has 23 heavy (non-hydrogen) atoms. The van der Waals surface area contributed by atoms with Gasteiger partial charge in [-0.15, -0.1) is 0 Å². The molecule has 1 saturated heterocycles. The Bertz CT molecular complexity index is 734. The van der Waals surface area contributed by atoms with Crippen LogP contribution >= 0.6 is 0 Å². The van der Waals surface area contributed by atoms with E-state index in [1.807, 2.05) is 29.0 Å². The van der Waals surface area contributed by atoms with E-state index >= 15 is 0 Å². The van der Waals surface area contributed by atoms with Crippen molar-refractivity contribution in [2.75, 3.05) is 6.54 Å². The van der Waals surface area contributed by atoms with E-state index in [0.29, 0.717) is 6.42 Å². The van der Waals surface area contributed by atoms with Crippen molar-refractivity contribution in [1.29, 1.82) is 0 Å². The Labute approximate surface area is 137 Å². The Hall–Kier alpha value is -2.10. The van der Waals surface area contributed by atoms with Crippen molar-refractivity contribution < 1.29 is 4.79 Å². The average molecular weight is 309 g/mol. The highest BCUT2D eigenvalue weighted by molar-refractivity contribution is 5.79. The molecule has 120 valence electrons. The second-order valence-corrected chi connectivity index (χ2v) is 6.83. The minimum absolute atomic E-state index is 0.200. The predicted molar refractivity (Wildman–Crippen MR) is 89.1 cm³/mol. The molecule has 2 heterocycles. The minimum Gasteiger partial charge on any atom is -0.335 e. The number of carbonyl (C=O) groups is 1. The number of likely N-dealkylation sites (tertiary alicyclic amines) is 1. The van der Waals surface area contributed by atoms with Gasteiger partial charge in [-0.1, -0.05) is 18.2 Å². The molecule has 1 fully saturated rings. The van der Waals surface area contributed by atoms with E-state index in [1.165, 1.54) is 30.4 Å². The lowest BCUT2D eigenvalue weighted by Gasteiger charge is -2.24. The molecule has 1 aliphatic carbocycles. The maximum absolute atomic E-state index is 12.8. The van der Waals surface area contributed by atoms with Crippen molar-refractivity contribution in [2.24, 2.45) is 7.05 Å².